The van der Waals surface area contributed by atoms with Crippen molar-refractivity contribution >= 4 is 12.0 Å². The lowest BCUT2D eigenvalue weighted by Crippen LogP contribution is -2.49. The number of rotatable bonds is 7. The molecule has 1 aliphatic carbocycles. The summed E-state index contributed by atoms with van der Waals surface area (Å²) in [4.78, 5) is 24.7. The van der Waals surface area contributed by atoms with Gasteiger partial charge in [-0.15, -0.1) is 0 Å². The van der Waals surface area contributed by atoms with E-state index in [0.717, 1.165) is 0 Å². The highest BCUT2D eigenvalue weighted by atomic mass is 16.4. The number of nitrogens with zero attached hydrogens (tertiary/aromatic N) is 1. The second-order valence-electron chi connectivity index (χ2n) is 6.42. The number of urea groups is 1. The van der Waals surface area contributed by atoms with Crippen LogP contribution in [0.1, 0.15) is 65.7 Å². The van der Waals surface area contributed by atoms with Crippen LogP contribution in [0.4, 0.5) is 4.79 Å². The third-order valence-electron chi connectivity index (χ3n) is 4.38. The Morgan fingerprint density at radius 1 is 1.19 bits per heavy atom. The molecule has 2 N–H and O–H groups in total. The fourth-order valence-electron chi connectivity index (χ4n) is 3.02. The largest absolute Gasteiger partial charge is 0.481 e. The van der Waals surface area contributed by atoms with Crippen LogP contribution in [0, 0.1) is 5.92 Å². The van der Waals surface area contributed by atoms with Crippen LogP contribution in [-0.4, -0.2) is 40.6 Å². The first-order valence-corrected chi connectivity index (χ1v) is 8.20. The van der Waals surface area contributed by atoms with Crippen LogP contribution in [0.2, 0.25) is 0 Å². The molecule has 1 atom stereocenters. The molecule has 122 valence electrons. The van der Waals surface area contributed by atoms with Gasteiger partial charge < -0.3 is 15.3 Å². The van der Waals surface area contributed by atoms with Gasteiger partial charge in [0.25, 0.3) is 0 Å². The van der Waals surface area contributed by atoms with Crippen LogP contribution in [0.5, 0.6) is 0 Å². The standard InChI is InChI=1S/C16H30N2O3/c1-12(2)18(11-7-10-15(19)20)16(21)17-13(3)14-8-5-4-6-9-14/h12-14H,4-11H2,1-3H3,(H,17,21)(H,19,20). The molecule has 0 aromatic carbocycles. The second kappa shape index (κ2) is 8.90. The lowest BCUT2D eigenvalue weighted by atomic mass is 9.84. The van der Waals surface area contributed by atoms with Gasteiger partial charge in [-0.05, 0) is 46.0 Å². The minimum Gasteiger partial charge on any atom is -0.481 e. The number of nitrogens with one attached hydrogen (secondary N) is 1. The van der Waals surface area contributed by atoms with Crippen molar-refractivity contribution in [1.29, 1.82) is 0 Å². The van der Waals surface area contributed by atoms with E-state index in [1.165, 1.54) is 32.1 Å². The Hall–Kier alpha value is -1.26. The van der Waals surface area contributed by atoms with Crippen molar-refractivity contribution in [2.75, 3.05) is 6.54 Å². The third-order valence-corrected chi connectivity index (χ3v) is 4.38. The summed E-state index contributed by atoms with van der Waals surface area (Å²) < 4.78 is 0. The fourth-order valence-corrected chi connectivity index (χ4v) is 3.02. The maximum absolute atomic E-state index is 12.4. The SMILES string of the molecule is CC(NC(=O)N(CCCC(=O)O)C(C)C)C1CCCCC1. The average Bonchev–Trinajstić information content (AvgIpc) is 2.43. The molecule has 1 aliphatic rings. The Balaban J connectivity index is 2.45. The molecule has 0 bridgehead atoms. The van der Waals surface area contributed by atoms with E-state index in [-0.39, 0.29) is 24.5 Å². The average molecular weight is 298 g/mol. The lowest BCUT2D eigenvalue weighted by molar-refractivity contribution is -0.137. The molecule has 0 aromatic heterocycles. The smallest absolute Gasteiger partial charge is 0.317 e. The van der Waals surface area contributed by atoms with Crippen molar-refractivity contribution in [2.24, 2.45) is 5.92 Å². The van der Waals surface area contributed by atoms with E-state index in [4.69, 9.17) is 5.11 Å². The Morgan fingerprint density at radius 2 is 1.81 bits per heavy atom. The van der Waals surface area contributed by atoms with Crippen molar-refractivity contribution in [2.45, 2.75) is 77.8 Å². The summed E-state index contributed by atoms with van der Waals surface area (Å²) >= 11 is 0. The summed E-state index contributed by atoms with van der Waals surface area (Å²) in [5.41, 5.74) is 0. The number of carboxylic acids is 1. The van der Waals surface area contributed by atoms with Crippen LogP contribution in [-0.2, 0) is 4.79 Å². The van der Waals surface area contributed by atoms with E-state index in [0.29, 0.717) is 18.9 Å². The first-order valence-electron chi connectivity index (χ1n) is 8.20. The minimum absolute atomic E-state index is 0.0616. The number of carbonyl (C=O) groups is 2. The molecule has 0 aliphatic heterocycles. The summed E-state index contributed by atoms with van der Waals surface area (Å²) in [7, 11) is 0. The maximum Gasteiger partial charge on any atom is 0.317 e. The van der Waals surface area contributed by atoms with Gasteiger partial charge in [0.2, 0.25) is 0 Å². The molecule has 0 radical (unpaired) electrons. The van der Waals surface area contributed by atoms with Crippen LogP contribution >= 0.6 is 0 Å². The molecule has 21 heavy (non-hydrogen) atoms. The number of hydrogen-bond donors (Lipinski definition) is 2. The zero-order valence-electron chi connectivity index (χ0n) is 13.6. The Kier molecular flexibility index (Phi) is 7.54. The van der Waals surface area contributed by atoms with Crippen molar-refractivity contribution in [3.05, 3.63) is 0 Å². The van der Waals surface area contributed by atoms with E-state index < -0.39 is 5.97 Å². The number of amides is 2. The van der Waals surface area contributed by atoms with Crippen LogP contribution in [0.25, 0.3) is 0 Å². The highest BCUT2D eigenvalue weighted by molar-refractivity contribution is 5.75. The van der Waals surface area contributed by atoms with Crippen molar-refractivity contribution < 1.29 is 14.7 Å². The molecule has 1 unspecified atom stereocenters. The predicted octanol–water partition coefficient (Wildman–Crippen LogP) is 3.24. The zero-order chi connectivity index (χ0) is 15.8. The van der Waals surface area contributed by atoms with Crippen LogP contribution in [0.3, 0.4) is 0 Å². The molecule has 5 nitrogen and oxygen atoms in total. The second-order valence-corrected chi connectivity index (χ2v) is 6.42. The molecule has 0 spiro atoms. The minimum atomic E-state index is -0.810. The first-order chi connectivity index (χ1) is 9.91. The van der Waals surface area contributed by atoms with Crippen molar-refractivity contribution in [3.8, 4) is 0 Å². The van der Waals surface area contributed by atoms with E-state index in [1.807, 2.05) is 13.8 Å². The molecular weight excluding hydrogens is 268 g/mol. The zero-order valence-corrected chi connectivity index (χ0v) is 13.6. The van der Waals surface area contributed by atoms with Gasteiger partial charge in [-0.25, -0.2) is 4.79 Å². The first kappa shape index (κ1) is 17.8. The van der Waals surface area contributed by atoms with Gasteiger partial charge in [0.05, 0.1) is 0 Å². The van der Waals surface area contributed by atoms with Crippen LogP contribution < -0.4 is 5.32 Å². The molecule has 0 saturated heterocycles. The van der Waals surface area contributed by atoms with E-state index in [9.17, 15) is 9.59 Å². The summed E-state index contributed by atoms with van der Waals surface area (Å²) in [6.45, 7) is 6.51. The molecule has 0 aromatic rings. The lowest BCUT2D eigenvalue weighted by Gasteiger charge is -2.32. The topological polar surface area (TPSA) is 69.6 Å². The predicted molar refractivity (Wildman–Crippen MR) is 83.3 cm³/mol. The fraction of sp³-hybridized carbons (Fsp3) is 0.875. The van der Waals surface area contributed by atoms with E-state index in [1.54, 1.807) is 4.90 Å². The third kappa shape index (κ3) is 6.36. The molecular formula is C16H30N2O3. The van der Waals surface area contributed by atoms with Crippen LogP contribution in [0.15, 0.2) is 0 Å². The van der Waals surface area contributed by atoms with Gasteiger partial charge in [0.15, 0.2) is 0 Å². The number of aliphatic carboxylic acids is 1. The summed E-state index contributed by atoms with van der Waals surface area (Å²) in [5, 5.41) is 11.8. The molecule has 1 saturated carbocycles. The van der Waals surface area contributed by atoms with Gasteiger partial charge in [0.1, 0.15) is 0 Å². The highest BCUT2D eigenvalue weighted by Crippen LogP contribution is 2.26. The van der Waals surface area contributed by atoms with Gasteiger partial charge in [-0.1, -0.05) is 19.3 Å². The quantitative estimate of drug-likeness (QED) is 0.758. The summed E-state index contributed by atoms with van der Waals surface area (Å²) in [6.07, 6.45) is 6.83. The molecule has 0 heterocycles. The summed E-state index contributed by atoms with van der Waals surface area (Å²) in [5.74, 6) is -0.231. The molecule has 2 amide bonds. The summed E-state index contributed by atoms with van der Waals surface area (Å²) in [6, 6.07) is 0.212. The Labute approximate surface area is 128 Å². The van der Waals surface area contributed by atoms with Crippen molar-refractivity contribution in [3.63, 3.8) is 0 Å². The monoisotopic (exact) mass is 298 g/mol. The van der Waals surface area contributed by atoms with E-state index >= 15 is 0 Å². The maximum atomic E-state index is 12.4. The van der Waals surface area contributed by atoms with Gasteiger partial charge in [-0.3, -0.25) is 4.79 Å². The number of carboxylic acid groups (broad SMARTS) is 1. The van der Waals surface area contributed by atoms with Gasteiger partial charge in [0, 0.05) is 25.0 Å². The van der Waals surface area contributed by atoms with Gasteiger partial charge in [-0.2, -0.15) is 0 Å². The molecule has 1 rings (SSSR count). The van der Waals surface area contributed by atoms with Crippen molar-refractivity contribution in [1.82, 2.24) is 10.2 Å². The molecule has 1 fully saturated rings. The van der Waals surface area contributed by atoms with Gasteiger partial charge >= 0.3 is 12.0 Å². The number of carbonyl (C=O) groups excluding carboxylic acids is 1. The Bertz CT molecular complexity index is 338. The molecule has 5 heteroatoms. The normalized spacial score (nSPS) is 17.5. The number of hydrogen-bond acceptors (Lipinski definition) is 2. The Morgan fingerprint density at radius 3 is 2.33 bits per heavy atom. The highest BCUT2D eigenvalue weighted by Gasteiger charge is 2.24. The van der Waals surface area contributed by atoms with E-state index in [2.05, 4.69) is 12.2 Å².